The molecule has 0 aromatic rings. The third kappa shape index (κ3) is 15.5. The summed E-state index contributed by atoms with van der Waals surface area (Å²) < 4.78 is 16.5. The van der Waals surface area contributed by atoms with Crippen LogP contribution in [0.4, 0.5) is 0 Å². The Hall–Kier alpha value is 1.48. The second-order valence-corrected chi connectivity index (χ2v) is 11.4. The van der Waals surface area contributed by atoms with Crippen LogP contribution in [0.25, 0.3) is 0 Å². The van der Waals surface area contributed by atoms with E-state index in [9.17, 15) is 0 Å². The summed E-state index contributed by atoms with van der Waals surface area (Å²) in [7, 11) is 0. The van der Waals surface area contributed by atoms with E-state index in [1.165, 1.54) is 0 Å². The molecule has 0 atom stereocenters. The van der Waals surface area contributed by atoms with Crippen LogP contribution >= 0.6 is 0 Å². The predicted octanol–water partition coefficient (Wildman–Crippen LogP) is 2.20. The molecule has 0 N–H and O–H groups in total. The molecule has 0 aliphatic rings. The summed E-state index contributed by atoms with van der Waals surface area (Å²) in [5.74, 6) is 1.46. The predicted molar refractivity (Wildman–Crippen MR) is 63.4 cm³/mol. The van der Waals surface area contributed by atoms with Gasteiger partial charge in [0, 0.05) is 0 Å². The molecular formula is C10H22O3Sn2. The molecule has 0 amide bonds. The molecule has 0 heterocycles. The van der Waals surface area contributed by atoms with Gasteiger partial charge >= 0.3 is 117 Å². The summed E-state index contributed by atoms with van der Waals surface area (Å²) in [5.41, 5.74) is 0. The molecule has 0 saturated carbocycles. The van der Waals surface area contributed by atoms with E-state index in [0.717, 1.165) is 37.9 Å². The molecule has 15 heavy (non-hydrogen) atoms. The molecule has 3 nitrogen and oxygen atoms in total. The van der Waals surface area contributed by atoms with Gasteiger partial charge in [-0.1, -0.05) is 0 Å². The Balaban J connectivity index is 2.93. The van der Waals surface area contributed by atoms with Crippen molar-refractivity contribution in [2.24, 2.45) is 11.8 Å². The molecule has 0 fully saturated rings. The molecular weight excluding hydrogens is 406 g/mol. The average molecular weight is 428 g/mol. The third-order valence-electron chi connectivity index (χ3n) is 1.80. The van der Waals surface area contributed by atoms with Gasteiger partial charge in [-0.3, -0.25) is 0 Å². The van der Waals surface area contributed by atoms with Crippen LogP contribution < -0.4 is 0 Å². The van der Waals surface area contributed by atoms with Gasteiger partial charge in [0.15, 0.2) is 0 Å². The molecule has 5 heteroatoms. The van der Waals surface area contributed by atoms with Gasteiger partial charge in [-0.05, 0) is 0 Å². The van der Waals surface area contributed by atoms with Crippen molar-refractivity contribution in [3.8, 4) is 0 Å². The molecule has 0 bridgehead atoms. The normalized spacial score (nSPS) is 11.6. The van der Waals surface area contributed by atoms with Crippen LogP contribution in [0.1, 0.15) is 40.5 Å². The Morgan fingerprint density at radius 3 is 1.53 bits per heavy atom. The van der Waals surface area contributed by atoms with Crippen molar-refractivity contribution in [3.63, 3.8) is 0 Å². The number of hydrogen-bond donors (Lipinski definition) is 0. The number of rotatable bonds is 10. The van der Waals surface area contributed by atoms with E-state index in [2.05, 4.69) is 27.7 Å². The Morgan fingerprint density at radius 1 is 0.800 bits per heavy atom. The first-order valence-corrected chi connectivity index (χ1v) is 10.2. The van der Waals surface area contributed by atoms with Gasteiger partial charge in [0.25, 0.3) is 0 Å². The van der Waals surface area contributed by atoms with Crippen molar-refractivity contribution in [1.29, 1.82) is 0 Å². The Bertz CT molecular complexity index is 118. The Labute approximate surface area is 116 Å². The van der Waals surface area contributed by atoms with Gasteiger partial charge in [0.1, 0.15) is 0 Å². The summed E-state index contributed by atoms with van der Waals surface area (Å²) in [6.07, 6.45) is 2.28. The molecule has 0 aromatic carbocycles. The summed E-state index contributed by atoms with van der Waals surface area (Å²) >= 11 is -1.97. The van der Waals surface area contributed by atoms with Crippen molar-refractivity contribution >= 4 is 43.9 Å². The molecule has 0 aromatic heterocycles. The van der Waals surface area contributed by atoms with E-state index < -0.39 is 43.9 Å². The fraction of sp³-hybridized carbons (Fsp3) is 1.00. The van der Waals surface area contributed by atoms with Crippen LogP contribution in [0.3, 0.4) is 0 Å². The number of hydrogen-bond acceptors (Lipinski definition) is 3. The van der Waals surface area contributed by atoms with Gasteiger partial charge in [-0.25, -0.2) is 0 Å². The minimum absolute atomic E-state index is 0.728. The van der Waals surface area contributed by atoms with Gasteiger partial charge in [0.05, 0.1) is 0 Å². The van der Waals surface area contributed by atoms with Crippen molar-refractivity contribution in [2.45, 2.75) is 40.5 Å². The zero-order valence-corrected chi connectivity index (χ0v) is 15.9. The van der Waals surface area contributed by atoms with Crippen LogP contribution in [-0.4, -0.2) is 57.2 Å². The maximum atomic E-state index is 5.49. The second-order valence-electron chi connectivity index (χ2n) is 4.33. The summed E-state index contributed by atoms with van der Waals surface area (Å²) in [5, 5.41) is 0. The molecule has 0 spiro atoms. The molecule has 0 unspecified atom stereocenters. The first kappa shape index (κ1) is 16.5. The summed E-state index contributed by atoms with van der Waals surface area (Å²) in [4.78, 5) is 0. The van der Waals surface area contributed by atoms with Crippen LogP contribution in [0.5, 0.6) is 0 Å². The Morgan fingerprint density at radius 2 is 1.20 bits per heavy atom. The quantitative estimate of drug-likeness (QED) is 0.395. The third-order valence-corrected chi connectivity index (χ3v) is 7.30. The van der Waals surface area contributed by atoms with Gasteiger partial charge < -0.3 is 0 Å². The first-order chi connectivity index (χ1) is 7.13. The second kappa shape index (κ2) is 11.9. The van der Waals surface area contributed by atoms with Crippen molar-refractivity contribution < 1.29 is 7.56 Å². The van der Waals surface area contributed by atoms with Gasteiger partial charge in [-0.15, -0.1) is 0 Å². The summed E-state index contributed by atoms with van der Waals surface area (Å²) in [6, 6.07) is 0. The fourth-order valence-electron chi connectivity index (χ4n) is 0.749. The van der Waals surface area contributed by atoms with Gasteiger partial charge in [0.2, 0.25) is 0 Å². The van der Waals surface area contributed by atoms with Crippen LogP contribution in [-0.2, 0) is 7.56 Å². The van der Waals surface area contributed by atoms with Crippen LogP contribution in [0.2, 0.25) is 0 Å². The molecule has 4 radical (unpaired) electrons. The van der Waals surface area contributed by atoms with E-state index in [0.29, 0.717) is 0 Å². The van der Waals surface area contributed by atoms with E-state index in [1.54, 1.807) is 0 Å². The van der Waals surface area contributed by atoms with Crippen LogP contribution in [0, 0.1) is 11.8 Å². The van der Waals surface area contributed by atoms with Crippen LogP contribution in [0.15, 0.2) is 0 Å². The van der Waals surface area contributed by atoms with Gasteiger partial charge in [-0.2, -0.15) is 0 Å². The zero-order valence-electron chi connectivity index (χ0n) is 10.2. The SMILES string of the molecule is CC(C)CC[O][Sn][O][Sn][O]CCC(C)C. The molecule has 0 rings (SSSR count). The molecule has 0 aliphatic carbocycles. The van der Waals surface area contributed by atoms with E-state index in [4.69, 9.17) is 7.56 Å². The summed E-state index contributed by atoms with van der Waals surface area (Å²) in [6.45, 7) is 10.6. The van der Waals surface area contributed by atoms with E-state index >= 15 is 0 Å². The van der Waals surface area contributed by atoms with E-state index in [-0.39, 0.29) is 0 Å². The van der Waals surface area contributed by atoms with E-state index in [1.807, 2.05) is 0 Å². The topological polar surface area (TPSA) is 27.7 Å². The average Bonchev–Trinajstić information content (AvgIpc) is 2.14. The standard InChI is InChI=1S/2C5H11O.O.2Sn/c2*1-5(2)3-4-6;;;/h2*5H,3-4H2,1-2H3;;;/q2*-1;;2*+1. The van der Waals surface area contributed by atoms with Crippen molar-refractivity contribution in [3.05, 3.63) is 0 Å². The van der Waals surface area contributed by atoms with Crippen molar-refractivity contribution in [1.82, 2.24) is 0 Å². The minimum atomic E-state index is -0.985. The maximum absolute atomic E-state index is 5.49. The molecule has 0 saturated heterocycles. The molecule has 88 valence electrons. The zero-order chi connectivity index (χ0) is 11.5. The van der Waals surface area contributed by atoms with Crippen molar-refractivity contribution in [2.75, 3.05) is 13.2 Å². The Kier molecular flexibility index (Phi) is 13.1. The fourth-order valence-corrected chi connectivity index (χ4v) is 5.24. The molecule has 0 aliphatic heterocycles. The first-order valence-electron chi connectivity index (χ1n) is 5.52. The monoisotopic (exact) mass is 430 g/mol.